The molecule has 0 spiro atoms. The molecule has 0 radical (unpaired) electrons. The second-order valence-corrected chi connectivity index (χ2v) is 7.72. The molecule has 1 aromatic rings. The van der Waals surface area contributed by atoms with Crippen LogP contribution in [-0.2, 0) is 14.9 Å². The summed E-state index contributed by atoms with van der Waals surface area (Å²) < 4.78 is 5.53. The van der Waals surface area contributed by atoms with Gasteiger partial charge >= 0.3 is 5.97 Å². The Morgan fingerprint density at radius 1 is 1.08 bits per heavy atom. The van der Waals surface area contributed by atoms with Gasteiger partial charge in [0.05, 0.1) is 6.61 Å². The summed E-state index contributed by atoms with van der Waals surface area (Å²) in [6, 6.07) is 10.6. The van der Waals surface area contributed by atoms with Crippen LogP contribution in [0.15, 0.2) is 42.5 Å². The van der Waals surface area contributed by atoms with E-state index in [1.165, 1.54) is 44.1 Å². The molecular formula is C23H36O2. The number of hydrogen-bond acceptors (Lipinski definition) is 2. The second-order valence-electron chi connectivity index (χ2n) is 7.72. The van der Waals surface area contributed by atoms with Crippen molar-refractivity contribution in [1.29, 1.82) is 0 Å². The molecule has 2 nitrogen and oxygen atoms in total. The zero-order valence-electron chi connectivity index (χ0n) is 16.6. The first-order chi connectivity index (χ1) is 11.9. The van der Waals surface area contributed by atoms with Crippen LogP contribution in [0, 0.1) is 5.92 Å². The van der Waals surface area contributed by atoms with E-state index in [9.17, 15) is 4.79 Å². The number of rotatable bonds is 12. The molecule has 0 saturated carbocycles. The number of carbonyl (C=O) groups excluding carboxylic acids is 1. The molecular weight excluding hydrogens is 308 g/mol. The topological polar surface area (TPSA) is 26.3 Å². The SMILES string of the molecule is C=C(C)C(=O)OCC(CCCCCCCC)C(C)(C)c1ccccc1. The summed E-state index contributed by atoms with van der Waals surface area (Å²) in [4.78, 5) is 11.8. The fourth-order valence-corrected chi connectivity index (χ4v) is 3.23. The summed E-state index contributed by atoms with van der Waals surface area (Å²) in [6.07, 6.45) is 8.77. The van der Waals surface area contributed by atoms with E-state index in [2.05, 4.69) is 51.6 Å². The van der Waals surface area contributed by atoms with Crippen molar-refractivity contribution in [3.8, 4) is 0 Å². The van der Waals surface area contributed by atoms with Gasteiger partial charge in [-0.3, -0.25) is 0 Å². The Kier molecular flexibility index (Phi) is 9.55. The van der Waals surface area contributed by atoms with Crippen molar-refractivity contribution in [2.24, 2.45) is 5.92 Å². The lowest BCUT2D eigenvalue weighted by Crippen LogP contribution is -2.33. The third kappa shape index (κ3) is 7.46. The third-order valence-electron chi connectivity index (χ3n) is 5.21. The van der Waals surface area contributed by atoms with E-state index in [1.54, 1.807) is 6.92 Å². The first kappa shape index (κ1) is 21.5. The molecule has 0 bridgehead atoms. The van der Waals surface area contributed by atoms with Gasteiger partial charge < -0.3 is 4.74 Å². The maximum absolute atomic E-state index is 11.8. The molecule has 2 heteroatoms. The van der Waals surface area contributed by atoms with Gasteiger partial charge in [-0.1, -0.05) is 96.2 Å². The molecule has 1 atom stereocenters. The van der Waals surface area contributed by atoms with Crippen LogP contribution in [0.25, 0.3) is 0 Å². The molecule has 1 rings (SSSR count). The predicted octanol–water partition coefficient (Wildman–Crippen LogP) is 6.45. The summed E-state index contributed by atoms with van der Waals surface area (Å²) in [7, 11) is 0. The van der Waals surface area contributed by atoms with Gasteiger partial charge in [0.15, 0.2) is 0 Å². The zero-order valence-corrected chi connectivity index (χ0v) is 16.6. The van der Waals surface area contributed by atoms with Gasteiger partial charge in [0.1, 0.15) is 0 Å². The van der Waals surface area contributed by atoms with Crippen LogP contribution in [0.1, 0.15) is 78.2 Å². The van der Waals surface area contributed by atoms with E-state index in [4.69, 9.17) is 4.74 Å². The van der Waals surface area contributed by atoms with Crippen molar-refractivity contribution in [3.05, 3.63) is 48.0 Å². The largest absolute Gasteiger partial charge is 0.462 e. The molecule has 0 aliphatic rings. The van der Waals surface area contributed by atoms with Crippen LogP contribution >= 0.6 is 0 Å². The molecule has 1 aromatic carbocycles. The van der Waals surface area contributed by atoms with Crippen molar-refractivity contribution in [1.82, 2.24) is 0 Å². The van der Waals surface area contributed by atoms with Crippen molar-refractivity contribution in [2.45, 2.75) is 78.1 Å². The zero-order chi connectivity index (χ0) is 18.7. The van der Waals surface area contributed by atoms with Gasteiger partial charge in [-0.2, -0.15) is 0 Å². The summed E-state index contributed by atoms with van der Waals surface area (Å²) in [5.74, 6) is 0.0289. The van der Waals surface area contributed by atoms with E-state index >= 15 is 0 Å². The number of hydrogen-bond donors (Lipinski definition) is 0. The van der Waals surface area contributed by atoms with Gasteiger partial charge in [0, 0.05) is 11.5 Å². The minimum absolute atomic E-state index is 0.0277. The van der Waals surface area contributed by atoms with E-state index < -0.39 is 0 Å². The van der Waals surface area contributed by atoms with Crippen LogP contribution in [0.5, 0.6) is 0 Å². The van der Waals surface area contributed by atoms with E-state index in [1.807, 2.05) is 6.07 Å². The molecule has 0 aliphatic carbocycles. The van der Waals surface area contributed by atoms with Crippen molar-refractivity contribution >= 4 is 5.97 Å². The molecule has 0 aliphatic heterocycles. The van der Waals surface area contributed by atoms with E-state index in [-0.39, 0.29) is 11.4 Å². The Balaban J connectivity index is 2.69. The predicted molar refractivity (Wildman–Crippen MR) is 107 cm³/mol. The minimum Gasteiger partial charge on any atom is -0.462 e. The molecule has 0 aromatic heterocycles. The highest BCUT2D eigenvalue weighted by Crippen LogP contribution is 2.35. The second kappa shape index (κ2) is 11.1. The Labute approximate surface area is 154 Å². The summed E-state index contributed by atoms with van der Waals surface area (Å²) in [5, 5.41) is 0. The van der Waals surface area contributed by atoms with Crippen molar-refractivity contribution in [2.75, 3.05) is 6.61 Å². The first-order valence-electron chi connectivity index (χ1n) is 9.77. The van der Waals surface area contributed by atoms with Crippen molar-refractivity contribution in [3.63, 3.8) is 0 Å². The van der Waals surface area contributed by atoms with Gasteiger partial charge in [-0.05, 0) is 24.3 Å². The molecule has 0 heterocycles. The maximum atomic E-state index is 11.8. The molecule has 0 N–H and O–H groups in total. The molecule has 1 unspecified atom stereocenters. The van der Waals surface area contributed by atoms with Gasteiger partial charge in [-0.25, -0.2) is 4.79 Å². The molecule has 0 saturated heterocycles. The lowest BCUT2D eigenvalue weighted by Gasteiger charge is -2.35. The van der Waals surface area contributed by atoms with Crippen LogP contribution < -0.4 is 0 Å². The summed E-state index contributed by atoms with van der Waals surface area (Å²) in [6.45, 7) is 12.6. The molecule has 0 amide bonds. The standard InChI is InChI=1S/C23H36O2/c1-6-7-8-9-10-12-17-21(18-25-22(24)19(2)3)23(4,5)20-15-13-11-14-16-20/h11,13-16,21H,2,6-10,12,17-18H2,1,3-5H3. The van der Waals surface area contributed by atoms with Crippen LogP contribution in [-0.4, -0.2) is 12.6 Å². The molecule has 25 heavy (non-hydrogen) atoms. The highest BCUT2D eigenvalue weighted by Gasteiger charge is 2.31. The highest BCUT2D eigenvalue weighted by atomic mass is 16.5. The molecule has 140 valence electrons. The fourth-order valence-electron chi connectivity index (χ4n) is 3.23. The number of carbonyl (C=O) groups is 1. The van der Waals surface area contributed by atoms with Crippen molar-refractivity contribution < 1.29 is 9.53 Å². The number of unbranched alkanes of at least 4 members (excludes halogenated alkanes) is 5. The monoisotopic (exact) mass is 344 g/mol. The normalized spacial score (nSPS) is 12.6. The Bertz CT molecular complexity index is 516. The number of benzene rings is 1. The average Bonchev–Trinajstić information content (AvgIpc) is 2.60. The van der Waals surface area contributed by atoms with E-state index in [0.29, 0.717) is 18.1 Å². The fraction of sp³-hybridized carbons (Fsp3) is 0.609. The maximum Gasteiger partial charge on any atom is 0.333 e. The first-order valence-corrected chi connectivity index (χ1v) is 9.77. The smallest absolute Gasteiger partial charge is 0.333 e. The lowest BCUT2D eigenvalue weighted by molar-refractivity contribution is -0.141. The van der Waals surface area contributed by atoms with Gasteiger partial charge in [0.25, 0.3) is 0 Å². The summed E-state index contributed by atoms with van der Waals surface area (Å²) in [5.41, 5.74) is 1.74. The van der Waals surface area contributed by atoms with Gasteiger partial charge in [-0.15, -0.1) is 0 Å². The van der Waals surface area contributed by atoms with E-state index in [0.717, 1.165) is 6.42 Å². The van der Waals surface area contributed by atoms with Crippen LogP contribution in [0.3, 0.4) is 0 Å². The quantitative estimate of drug-likeness (QED) is 0.247. The third-order valence-corrected chi connectivity index (χ3v) is 5.21. The van der Waals surface area contributed by atoms with Crippen LogP contribution in [0.4, 0.5) is 0 Å². The Morgan fingerprint density at radius 2 is 1.68 bits per heavy atom. The Morgan fingerprint density at radius 3 is 2.28 bits per heavy atom. The van der Waals surface area contributed by atoms with Crippen LogP contribution in [0.2, 0.25) is 0 Å². The minimum atomic E-state index is -0.281. The molecule has 0 fully saturated rings. The van der Waals surface area contributed by atoms with Gasteiger partial charge in [0.2, 0.25) is 0 Å². The highest BCUT2D eigenvalue weighted by molar-refractivity contribution is 5.86. The lowest BCUT2D eigenvalue weighted by atomic mass is 9.71. The Hall–Kier alpha value is -1.57. The number of esters is 1. The number of ether oxygens (including phenoxy) is 1. The summed E-state index contributed by atoms with van der Waals surface area (Å²) >= 11 is 0. The average molecular weight is 345 g/mol.